The van der Waals surface area contributed by atoms with Gasteiger partial charge in [0.25, 0.3) is 0 Å². The van der Waals surface area contributed by atoms with E-state index in [0.29, 0.717) is 12.5 Å². The first kappa shape index (κ1) is 15.0. The zero-order valence-corrected chi connectivity index (χ0v) is 13.9. The molecule has 4 rings (SSSR count). The second-order valence-electron chi connectivity index (χ2n) is 6.52. The van der Waals surface area contributed by atoms with Crippen LogP contribution < -0.4 is 10.2 Å². The molecule has 1 fully saturated rings. The summed E-state index contributed by atoms with van der Waals surface area (Å²) in [7, 11) is 0. The summed E-state index contributed by atoms with van der Waals surface area (Å²) in [4.78, 5) is 11.9. The van der Waals surface area contributed by atoms with Gasteiger partial charge in [-0.3, -0.25) is 0 Å². The second-order valence-corrected chi connectivity index (χ2v) is 6.52. The number of anilines is 2. The Morgan fingerprint density at radius 3 is 2.96 bits per heavy atom. The largest absolute Gasteiger partial charge is 0.467 e. The summed E-state index contributed by atoms with van der Waals surface area (Å²) >= 11 is 0. The number of hydrogen-bond donors (Lipinski definition) is 1. The number of nitrogens with zero attached hydrogens (tertiary/aromatic N) is 3. The molecule has 3 aromatic rings. The molecule has 5 nitrogen and oxygen atoms in total. The molecule has 3 heterocycles. The Balaban J connectivity index is 1.67. The zero-order chi connectivity index (χ0) is 16.4. The maximum absolute atomic E-state index is 5.41. The minimum Gasteiger partial charge on any atom is -0.467 e. The molecule has 1 aliphatic heterocycles. The Kier molecular flexibility index (Phi) is 4.07. The van der Waals surface area contributed by atoms with Gasteiger partial charge in [-0.05, 0) is 43.0 Å². The quantitative estimate of drug-likeness (QED) is 0.784. The second kappa shape index (κ2) is 6.51. The monoisotopic (exact) mass is 322 g/mol. The topological polar surface area (TPSA) is 54.2 Å². The van der Waals surface area contributed by atoms with Gasteiger partial charge < -0.3 is 14.6 Å². The molecule has 1 N–H and O–H groups in total. The molecule has 1 unspecified atom stereocenters. The lowest BCUT2D eigenvalue weighted by Gasteiger charge is -2.31. The van der Waals surface area contributed by atoms with E-state index in [2.05, 4.69) is 23.2 Å². The van der Waals surface area contributed by atoms with Crippen LogP contribution in [0, 0.1) is 5.92 Å². The van der Waals surface area contributed by atoms with Crippen LogP contribution >= 0.6 is 0 Å². The molecule has 1 saturated heterocycles. The van der Waals surface area contributed by atoms with Crippen molar-refractivity contribution in [3.05, 3.63) is 48.4 Å². The summed E-state index contributed by atoms with van der Waals surface area (Å²) in [5.41, 5.74) is 0.975. The van der Waals surface area contributed by atoms with Gasteiger partial charge in [-0.25, -0.2) is 4.98 Å². The van der Waals surface area contributed by atoms with E-state index in [1.165, 1.54) is 12.8 Å². The van der Waals surface area contributed by atoms with Gasteiger partial charge in [0.2, 0.25) is 5.95 Å². The summed E-state index contributed by atoms with van der Waals surface area (Å²) < 4.78 is 5.41. The van der Waals surface area contributed by atoms with Crippen molar-refractivity contribution < 1.29 is 4.42 Å². The number of rotatable bonds is 4. The fourth-order valence-electron chi connectivity index (χ4n) is 3.30. The lowest BCUT2D eigenvalue weighted by molar-refractivity contribution is 0.442. The average Bonchev–Trinajstić information content (AvgIpc) is 3.13. The lowest BCUT2D eigenvalue weighted by Crippen LogP contribution is -2.35. The number of para-hydroxylation sites is 1. The van der Waals surface area contributed by atoms with E-state index in [-0.39, 0.29) is 0 Å². The van der Waals surface area contributed by atoms with Crippen LogP contribution in [0.5, 0.6) is 0 Å². The molecule has 5 heteroatoms. The van der Waals surface area contributed by atoms with Gasteiger partial charge in [-0.15, -0.1) is 0 Å². The Morgan fingerprint density at radius 1 is 1.21 bits per heavy atom. The third-order valence-corrected chi connectivity index (χ3v) is 4.54. The van der Waals surface area contributed by atoms with Gasteiger partial charge in [0.15, 0.2) is 0 Å². The van der Waals surface area contributed by atoms with E-state index < -0.39 is 0 Å². The highest BCUT2D eigenvalue weighted by molar-refractivity contribution is 5.90. The van der Waals surface area contributed by atoms with Crippen LogP contribution in [0.1, 0.15) is 25.5 Å². The molecule has 0 bridgehead atoms. The van der Waals surface area contributed by atoms with Crippen LogP contribution in [0.15, 0.2) is 47.1 Å². The van der Waals surface area contributed by atoms with Crippen molar-refractivity contribution in [3.8, 4) is 0 Å². The van der Waals surface area contributed by atoms with Gasteiger partial charge in [0, 0.05) is 18.5 Å². The maximum atomic E-state index is 5.41. The smallest absolute Gasteiger partial charge is 0.227 e. The molecule has 0 aliphatic carbocycles. The molecule has 2 aromatic heterocycles. The van der Waals surface area contributed by atoms with Gasteiger partial charge in [0.05, 0.1) is 18.3 Å². The number of aromatic nitrogens is 2. The molecule has 0 amide bonds. The first-order valence-corrected chi connectivity index (χ1v) is 8.57. The van der Waals surface area contributed by atoms with Gasteiger partial charge in [-0.2, -0.15) is 4.98 Å². The highest BCUT2D eigenvalue weighted by Crippen LogP contribution is 2.26. The molecule has 0 saturated carbocycles. The summed E-state index contributed by atoms with van der Waals surface area (Å²) in [6.07, 6.45) is 4.18. The molecule has 0 radical (unpaired) electrons. The normalized spacial score (nSPS) is 18.0. The third-order valence-electron chi connectivity index (χ3n) is 4.54. The van der Waals surface area contributed by atoms with E-state index in [4.69, 9.17) is 14.4 Å². The first-order chi connectivity index (χ1) is 11.8. The Labute approximate surface area is 141 Å². The van der Waals surface area contributed by atoms with Crippen molar-refractivity contribution in [3.63, 3.8) is 0 Å². The van der Waals surface area contributed by atoms with E-state index in [9.17, 15) is 0 Å². The third kappa shape index (κ3) is 3.07. The van der Waals surface area contributed by atoms with E-state index >= 15 is 0 Å². The van der Waals surface area contributed by atoms with Gasteiger partial charge in [0.1, 0.15) is 11.6 Å². The molecular formula is C19H22N4O. The predicted molar refractivity (Wildman–Crippen MR) is 96.2 cm³/mol. The lowest BCUT2D eigenvalue weighted by atomic mass is 10.0. The van der Waals surface area contributed by atoms with E-state index in [1.54, 1.807) is 6.26 Å². The summed E-state index contributed by atoms with van der Waals surface area (Å²) in [6.45, 7) is 4.96. The van der Waals surface area contributed by atoms with Crippen molar-refractivity contribution >= 4 is 22.7 Å². The van der Waals surface area contributed by atoms with Crippen molar-refractivity contribution in [2.75, 3.05) is 23.3 Å². The van der Waals surface area contributed by atoms with Crippen molar-refractivity contribution in [2.24, 2.45) is 5.92 Å². The number of fused-ring (bicyclic) bond motifs is 1. The molecule has 0 spiro atoms. The Bertz CT molecular complexity index is 815. The van der Waals surface area contributed by atoms with E-state index in [1.807, 2.05) is 30.3 Å². The predicted octanol–water partition coefficient (Wildman–Crippen LogP) is 4.07. The number of nitrogens with one attached hydrogen (secondary N) is 1. The fourth-order valence-corrected chi connectivity index (χ4v) is 3.30. The van der Waals surface area contributed by atoms with Crippen molar-refractivity contribution in [1.82, 2.24) is 9.97 Å². The fraction of sp³-hybridized carbons (Fsp3) is 0.368. The zero-order valence-electron chi connectivity index (χ0n) is 13.9. The van der Waals surface area contributed by atoms with Crippen LogP contribution in [-0.4, -0.2) is 23.1 Å². The SMILES string of the molecule is CC1CCCN(c2nc(NCc3ccco3)c3ccccc3n2)C1. The van der Waals surface area contributed by atoms with Crippen LogP contribution in [0.25, 0.3) is 10.9 Å². The summed E-state index contributed by atoms with van der Waals surface area (Å²) in [6, 6.07) is 12.0. The van der Waals surface area contributed by atoms with E-state index in [0.717, 1.165) is 41.5 Å². The number of furan rings is 1. The molecular weight excluding hydrogens is 300 g/mol. The maximum Gasteiger partial charge on any atom is 0.227 e. The number of benzene rings is 1. The van der Waals surface area contributed by atoms with Crippen LogP contribution in [0.3, 0.4) is 0 Å². The average molecular weight is 322 g/mol. The van der Waals surface area contributed by atoms with Crippen LogP contribution in [0.4, 0.5) is 11.8 Å². The number of piperidine rings is 1. The molecule has 24 heavy (non-hydrogen) atoms. The Morgan fingerprint density at radius 2 is 2.12 bits per heavy atom. The first-order valence-electron chi connectivity index (χ1n) is 8.57. The summed E-state index contributed by atoms with van der Waals surface area (Å²) in [5.74, 6) is 3.27. The highest BCUT2D eigenvalue weighted by atomic mass is 16.3. The van der Waals surface area contributed by atoms with Gasteiger partial charge >= 0.3 is 0 Å². The molecule has 1 atom stereocenters. The molecule has 1 aliphatic rings. The minimum atomic E-state index is 0.615. The van der Waals surface area contributed by atoms with Crippen LogP contribution in [0.2, 0.25) is 0 Å². The Hall–Kier alpha value is -2.56. The molecule has 1 aromatic carbocycles. The molecule has 124 valence electrons. The van der Waals surface area contributed by atoms with Gasteiger partial charge in [-0.1, -0.05) is 19.1 Å². The highest BCUT2D eigenvalue weighted by Gasteiger charge is 2.20. The number of hydrogen-bond acceptors (Lipinski definition) is 5. The summed E-state index contributed by atoms with van der Waals surface area (Å²) in [5, 5.41) is 4.45. The minimum absolute atomic E-state index is 0.615. The van der Waals surface area contributed by atoms with Crippen molar-refractivity contribution in [2.45, 2.75) is 26.3 Å². The standard InChI is InChI=1S/C19H22N4O/c1-14-6-4-10-23(13-14)19-21-17-9-3-2-8-16(17)18(22-19)20-12-15-7-5-11-24-15/h2-3,5,7-9,11,14H,4,6,10,12-13H2,1H3,(H,20,21,22). The van der Waals surface area contributed by atoms with Crippen LogP contribution in [-0.2, 0) is 6.54 Å². The van der Waals surface area contributed by atoms with Crippen molar-refractivity contribution in [1.29, 1.82) is 0 Å².